The molecular formula is C18H23N3O5. The van der Waals surface area contributed by atoms with Gasteiger partial charge < -0.3 is 25.4 Å². The molecule has 0 spiro atoms. The van der Waals surface area contributed by atoms with Gasteiger partial charge in [0, 0.05) is 26.3 Å². The highest BCUT2D eigenvalue weighted by molar-refractivity contribution is 6.01. The molecule has 2 rings (SSSR count). The molecule has 2 atom stereocenters. The van der Waals surface area contributed by atoms with E-state index in [1.54, 1.807) is 14.1 Å². The SMILES string of the molecule is C=CC(=O)Nc1ccc(O)c(C(=O)NCC2CCC(C(=O)N(C)C)O2)c1. The second-order valence-electron chi connectivity index (χ2n) is 6.19. The molecule has 1 heterocycles. The number of nitrogens with one attached hydrogen (secondary N) is 2. The quantitative estimate of drug-likeness (QED) is 0.515. The summed E-state index contributed by atoms with van der Waals surface area (Å²) < 4.78 is 5.66. The summed E-state index contributed by atoms with van der Waals surface area (Å²) in [6, 6.07) is 4.18. The summed E-state index contributed by atoms with van der Waals surface area (Å²) in [5, 5.41) is 15.1. The first kappa shape index (κ1) is 19.5. The van der Waals surface area contributed by atoms with E-state index >= 15 is 0 Å². The van der Waals surface area contributed by atoms with Crippen LogP contribution in [0.3, 0.4) is 0 Å². The van der Waals surface area contributed by atoms with Crippen molar-refractivity contribution in [3.63, 3.8) is 0 Å². The monoisotopic (exact) mass is 361 g/mol. The summed E-state index contributed by atoms with van der Waals surface area (Å²) in [6.45, 7) is 3.57. The molecule has 3 N–H and O–H groups in total. The molecule has 1 aromatic rings. The van der Waals surface area contributed by atoms with Gasteiger partial charge in [-0.25, -0.2) is 0 Å². The van der Waals surface area contributed by atoms with Gasteiger partial charge in [-0.15, -0.1) is 0 Å². The molecule has 1 aliphatic heterocycles. The van der Waals surface area contributed by atoms with Crippen molar-refractivity contribution in [2.45, 2.75) is 25.0 Å². The number of amides is 3. The number of rotatable bonds is 6. The molecule has 1 aliphatic rings. The van der Waals surface area contributed by atoms with E-state index in [9.17, 15) is 19.5 Å². The molecule has 26 heavy (non-hydrogen) atoms. The van der Waals surface area contributed by atoms with Crippen LogP contribution in [-0.2, 0) is 14.3 Å². The van der Waals surface area contributed by atoms with Crippen molar-refractivity contribution >= 4 is 23.4 Å². The van der Waals surface area contributed by atoms with E-state index in [0.29, 0.717) is 18.5 Å². The lowest BCUT2D eigenvalue weighted by molar-refractivity contribution is -0.140. The third kappa shape index (κ3) is 4.82. The Morgan fingerprint density at radius 3 is 2.73 bits per heavy atom. The van der Waals surface area contributed by atoms with Crippen molar-refractivity contribution in [2.24, 2.45) is 0 Å². The Kier molecular flexibility index (Phi) is 6.35. The van der Waals surface area contributed by atoms with Crippen molar-refractivity contribution in [1.29, 1.82) is 0 Å². The number of phenolic OH excluding ortho intramolecular Hbond substituents is 1. The van der Waals surface area contributed by atoms with Crippen LogP contribution in [0, 0.1) is 0 Å². The Labute approximate surface area is 151 Å². The van der Waals surface area contributed by atoms with Crippen LogP contribution >= 0.6 is 0 Å². The number of anilines is 1. The minimum atomic E-state index is -0.497. The topological polar surface area (TPSA) is 108 Å². The number of benzene rings is 1. The van der Waals surface area contributed by atoms with Crippen LogP contribution in [0.5, 0.6) is 5.75 Å². The average Bonchev–Trinajstić information content (AvgIpc) is 3.09. The molecule has 140 valence electrons. The minimum absolute atomic E-state index is 0.0331. The fourth-order valence-electron chi connectivity index (χ4n) is 2.62. The standard InChI is InChI=1S/C18H23N3O5/c1-4-16(23)20-11-5-7-14(22)13(9-11)17(24)19-10-12-6-8-15(26-12)18(25)21(2)3/h4-5,7,9,12,15,22H,1,6,8,10H2,2-3H3,(H,19,24)(H,20,23). The van der Waals surface area contributed by atoms with Crippen molar-refractivity contribution < 1.29 is 24.2 Å². The van der Waals surface area contributed by atoms with Gasteiger partial charge in [0.05, 0.1) is 11.7 Å². The van der Waals surface area contributed by atoms with Crippen molar-refractivity contribution in [3.8, 4) is 5.75 Å². The summed E-state index contributed by atoms with van der Waals surface area (Å²) in [5.41, 5.74) is 0.400. The first-order chi connectivity index (χ1) is 12.3. The predicted molar refractivity (Wildman–Crippen MR) is 95.9 cm³/mol. The first-order valence-electron chi connectivity index (χ1n) is 8.23. The van der Waals surface area contributed by atoms with E-state index in [-0.39, 0.29) is 29.9 Å². The van der Waals surface area contributed by atoms with E-state index in [2.05, 4.69) is 17.2 Å². The zero-order valence-corrected chi connectivity index (χ0v) is 14.8. The zero-order valence-electron chi connectivity index (χ0n) is 14.8. The zero-order chi connectivity index (χ0) is 19.3. The molecule has 1 saturated heterocycles. The van der Waals surface area contributed by atoms with Crippen LogP contribution in [0.2, 0.25) is 0 Å². The molecule has 0 bridgehead atoms. The largest absolute Gasteiger partial charge is 0.507 e. The van der Waals surface area contributed by atoms with E-state index in [4.69, 9.17) is 4.74 Å². The smallest absolute Gasteiger partial charge is 0.255 e. The lowest BCUT2D eigenvalue weighted by Crippen LogP contribution is -2.36. The molecule has 8 nitrogen and oxygen atoms in total. The van der Waals surface area contributed by atoms with Gasteiger partial charge in [-0.1, -0.05) is 6.58 Å². The maximum Gasteiger partial charge on any atom is 0.255 e. The van der Waals surface area contributed by atoms with E-state index in [1.807, 2.05) is 0 Å². The number of hydrogen-bond acceptors (Lipinski definition) is 5. The molecule has 0 saturated carbocycles. The Hall–Kier alpha value is -2.87. The fourth-order valence-corrected chi connectivity index (χ4v) is 2.62. The van der Waals surface area contributed by atoms with Crippen LogP contribution in [-0.4, -0.2) is 60.6 Å². The number of carbonyl (C=O) groups excluding carboxylic acids is 3. The number of aromatic hydroxyl groups is 1. The van der Waals surface area contributed by atoms with Crippen molar-refractivity contribution in [2.75, 3.05) is 26.0 Å². The Bertz CT molecular complexity index is 717. The number of carbonyl (C=O) groups is 3. The van der Waals surface area contributed by atoms with Gasteiger partial charge in [0.25, 0.3) is 11.8 Å². The third-order valence-electron chi connectivity index (χ3n) is 4.01. The summed E-state index contributed by atoms with van der Waals surface area (Å²) in [4.78, 5) is 37.0. The van der Waals surface area contributed by atoms with Crippen molar-refractivity contribution in [1.82, 2.24) is 10.2 Å². The van der Waals surface area contributed by atoms with Gasteiger partial charge in [-0.3, -0.25) is 14.4 Å². The number of likely N-dealkylation sites (N-methyl/N-ethyl adjacent to an activating group) is 1. The first-order valence-corrected chi connectivity index (χ1v) is 8.23. The van der Waals surface area contributed by atoms with E-state index < -0.39 is 17.9 Å². The van der Waals surface area contributed by atoms with Gasteiger partial charge in [-0.2, -0.15) is 0 Å². The number of hydrogen-bond donors (Lipinski definition) is 3. The molecule has 0 aliphatic carbocycles. The second kappa shape index (κ2) is 8.48. The van der Waals surface area contributed by atoms with Crippen LogP contribution in [0.4, 0.5) is 5.69 Å². The molecule has 0 radical (unpaired) electrons. The normalized spacial score (nSPS) is 18.8. The van der Waals surface area contributed by atoms with Crippen LogP contribution in [0.25, 0.3) is 0 Å². The molecule has 1 aromatic carbocycles. The highest BCUT2D eigenvalue weighted by atomic mass is 16.5. The Morgan fingerprint density at radius 2 is 2.08 bits per heavy atom. The maximum absolute atomic E-state index is 12.3. The molecular weight excluding hydrogens is 338 g/mol. The van der Waals surface area contributed by atoms with Crippen LogP contribution in [0.1, 0.15) is 23.2 Å². The molecule has 1 fully saturated rings. The lowest BCUT2D eigenvalue weighted by Gasteiger charge is -2.17. The van der Waals surface area contributed by atoms with E-state index in [1.165, 1.54) is 23.1 Å². The highest BCUT2D eigenvalue weighted by Crippen LogP contribution is 2.23. The fraction of sp³-hybridized carbons (Fsp3) is 0.389. The van der Waals surface area contributed by atoms with Gasteiger partial charge >= 0.3 is 0 Å². The van der Waals surface area contributed by atoms with Gasteiger partial charge in [0.1, 0.15) is 11.9 Å². The molecule has 8 heteroatoms. The molecule has 3 amide bonds. The van der Waals surface area contributed by atoms with E-state index in [0.717, 1.165) is 6.08 Å². The number of phenols is 1. The maximum atomic E-state index is 12.3. The van der Waals surface area contributed by atoms with Crippen molar-refractivity contribution in [3.05, 3.63) is 36.4 Å². The van der Waals surface area contributed by atoms with Crippen LogP contribution < -0.4 is 10.6 Å². The average molecular weight is 361 g/mol. The molecule has 0 aromatic heterocycles. The Balaban J connectivity index is 1.94. The number of ether oxygens (including phenoxy) is 1. The van der Waals surface area contributed by atoms with Gasteiger partial charge in [0.2, 0.25) is 5.91 Å². The second-order valence-corrected chi connectivity index (χ2v) is 6.19. The Morgan fingerprint density at radius 1 is 1.35 bits per heavy atom. The van der Waals surface area contributed by atoms with Gasteiger partial charge in [-0.05, 0) is 37.1 Å². The van der Waals surface area contributed by atoms with Crippen LogP contribution in [0.15, 0.2) is 30.9 Å². The summed E-state index contributed by atoms with van der Waals surface area (Å²) in [7, 11) is 3.34. The summed E-state index contributed by atoms with van der Waals surface area (Å²) in [6.07, 6.45) is 1.61. The minimum Gasteiger partial charge on any atom is -0.507 e. The highest BCUT2D eigenvalue weighted by Gasteiger charge is 2.31. The number of nitrogens with zero attached hydrogens (tertiary/aromatic N) is 1. The third-order valence-corrected chi connectivity index (χ3v) is 4.01. The summed E-state index contributed by atoms with van der Waals surface area (Å²) in [5.74, 6) is -1.21. The van der Waals surface area contributed by atoms with Gasteiger partial charge in [0.15, 0.2) is 0 Å². The summed E-state index contributed by atoms with van der Waals surface area (Å²) >= 11 is 0. The molecule has 2 unspecified atom stereocenters. The lowest BCUT2D eigenvalue weighted by atomic mass is 10.1. The predicted octanol–water partition coefficient (Wildman–Crippen LogP) is 0.882.